The number of nitrogens with zero attached hydrogens (tertiary/aromatic N) is 1. The Morgan fingerprint density at radius 2 is 1.82 bits per heavy atom. The molecule has 1 atom stereocenters. The standard InChI is InChI=1S/C29H22N4O5/c1-2-37-22-14-17(10-12-21(22)38-28(35)18-7-5-13-30-15-18)23-24-19-8-4-3-6-16(19)9-11-20(24)31-26-25(23)27(34)33-29(36)32-26/h3-15,23H,2H2,1H3,(H3,31,32,33,34,36). The molecular formula is C29H22N4O5. The van der Waals surface area contributed by atoms with Crippen molar-refractivity contribution in [3.63, 3.8) is 0 Å². The molecule has 3 aromatic carbocycles. The fourth-order valence-corrected chi connectivity index (χ4v) is 4.90. The number of hydrogen-bond donors (Lipinski definition) is 3. The number of anilines is 2. The number of aromatic nitrogens is 3. The van der Waals surface area contributed by atoms with E-state index < -0.39 is 23.1 Å². The van der Waals surface area contributed by atoms with Crippen molar-refractivity contribution in [1.29, 1.82) is 0 Å². The Labute approximate surface area is 216 Å². The van der Waals surface area contributed by atoms with Crippen LogP contribution in [0, 0.1) is 0 Å². The first-order valence-electron chi connectivity index (χ1n) is 12.1. The molecule has 9 nitrogen and oxygen atoms in total. The van der Waals surface area contributed by atoms with Gasteiger partial charge in [-0.1, -0.05) is 36.4 Å². The number of benzene rings is 3. The Morgan fingerprint density at radius 3 is 2.63 bits per heavy atom. The second kappa shape index (κ2) is 9.36. The molecule has 188 valence electrons. The molecule has 38 heavy (non-hydrogen) atoms. The van der Waals surface area contributed by atoms with Crippen molar-refractivity contribution in [3.05, 3.63) is 122 Å². The first kappa shape index (κ1) is 23.2. The summed E-state index contributed by atoms with van der Waals surface area (Å²) in [5, 5.41) is 5.20. The van der Waals surface area contributed by atoms with Gasteiger partial charge in [0.15, 0.2) is 11.5 Å². The SMILES string of the molecule is CCOc1cc(C2c3c([nH]c(=O)[nH]c3=O)Nc3ccc4ccccc4c32)ccc1OC(=O)c1cccnc1. The van der Waals surface area contributed by atoms with E-state index >= 15 is 0 Å². The maximum Gasteiger partial charge on any atom is 0.345 e. The maximum atomic E-state index is 13.2. The van der Waals surface area contributed by atoms with E-state index in [0.717, 1.165) is 27.6 Å². The van der Waals surface area contributed by atoms with Crippen molar-refractivity contribution >= 4 is 28.2 Å². The van der Waals surface area contributed by atoms with Gasteiger partial charge in [0, 0.05) is 24.0 Å². The Hall–Kier alpha value is -5.18. The van der Waals surface area contributed by atoms with Crippen molar-refractivity contribution in [1.82, 2.24) is 15.0 Å². The molecule has 0 fully saturated rings. The Balaban J connectivity index is 1.53. The van der Waals surface area contributed by atoms with E-state index in [2.05, 4.69) is 20.3 Å². The summed E-state index contributed by atoms with van der Waals surface area (Å²) in [4.78, 5) is 47.0. The summed E-state index contributed by atoms with van der Waals surface area (Å²) in [5.74, 6) is -0.187. The van der Waals surface area contributed by atoms with E-state index in [4.69, 9.17) is 9.47 Å². The number of fused-ring (bicyclic) bond motifs is 4. The highest BCUT2D eigenvalue weighted by Crippen LogP contribution is 2.47. The number of carbonyl (C=O) groups is 1. The minimum atomic E-state index is -0.600. The van der Waals surface area contributed by atoms with Crippen molar-refractivity contribution < 1.29 is 14.3 Å². The highest BCUT2D eigenvalue weighted by atomic mass is 16.6. The fourth-order valence-electron chi connectivity index (χ4n) is 4.90. The van der Waals surface area contributed by atoms with Crippen LogP contribution in [0.2, 0.25) is 0 Å². The average molecular weight is 507 g/mol. The summed E-state index contributed by atoms with van der Waals surface area (Å²) >= 11 is 0. The van der Waals surface area contributed by atoms with Gasteiger partial charge in [0.25, 0.3) is 5.56 Å². The van der Waals surface area contributed by atoms with Crippen molar-refractivity contribution in [2.45, 2.75) is 12.8 Å². The molecule has 0 aliphatic carbocycles. The van der Waals surface area contributed by atoms with Gasteiger partial charge in [-0.05, 0) is 59.2 Å². The first-order chi connectivity index (χ1) is 18.5. The number of nitrogens with one attached hydrogen (secondary N) is 3. The quantitative estimate of drug-likeness (QED) is 0.233. The zero-order valence-electron chi connectivity index (χ0n) is 20.3. The lowest BCUT2D eigenvalue weighted by molar-refractivity contribution is 0.0728. The van der Waals surface area contributed by atoms with Gasteiger partial charge in [-0.2, -0.15) is 0 Å². The van der Waals surface area contributed by atoms with E-state index in [9.17, 15) is 14.4 Å². The Kier molecular flexibility index (Phi) is 5.72. The monoisotopic (exact) mass is 506 g/mol. The second-order valence-electron chi connectivity index (χ2n) is 8.77. The number of aromatic amines is 2. The molecule has 1 aliphatic rings. The van der Waals surface area contributed by atoms with E-state index in [1.165, 1.54) is 6.20 Å². The molecule has 3 heterocycles. The predicted octanol–water partition coefficient (Wildman–Crippen LogP) is 4.47. The highest BCUT2D eigenvalue weighted by molar-refractivity contribution is 5.94. The third kappa shape index (κ3) is 4.00. The lowest BCUT2D eigenvalue weighted by atomic mass is 9.80. The molecule has 6 rings (SSSR count). The molecule has 0 saturated carbocycles. The fraction of sp³-hybridized carbons (Fsp3) is 0.103. The normalized spacial score (nSPS) is 13.8. The molecule has 0 amide bonds. The molecule has 3 N–H and O–H groups in total. The van der Waals surface area contributed by atoms with Crippen LogP contribution in [-0.2, 0) is 0 Å². The van der Waals surface area contributed by atoms with Crippen LogP contribution in [0.4, 0.5) is 11.5 Å². The third-order valence-corrected chi connectivity index (χ3v) is 6.49. The number of H-pyrrole nitrogens is 2. The van der Waals surface area contributed by atoms with Gasteiger partial charge in [0.1, 0.15) is 5.82 Å². The molecule has 0 spiro atoms. The van der Waals surface area contributed by atoms with Crippen LogP contribution in [0.25, 0.3) is 10.8 Å². The molecular weight excluding hydrogens is 484 g/mol. The van der Waals surface area contributed by atoms with Crippen molar-refractivity contribution in [2.75, 3.05) is 11.9 Å². The van der Waals surface area contributed by atoms with Crippen LogP contribution in [-0.4, -0.2) is 27.5 Å². The van der Waals surface area contributed by atoms with E-state index in [-0.39, 0.29) is 5.75 Å². The van der Waals surface area contributed by atoms with Gasteiger partial charge >= 0.3 is 11.7 Å². The minimum Gasteiger partial charge on any atom is -0.490 e. The van der Waals surface area contributed by atoms with Gasteiger partial charge in [-0.25, -0.2) is 9.59 Å². The van der Waals surface area contributed by atoms with Crippen LogP contribution in [0.3, 0.4) is 0 Å². The highest BCUT2D eigenvalue weighted by Gasteiger charge is 2.33. The molecule has 0 bridgehead atoms. The number of pyridine rings is 1. The number of hydrogen-bond acceptors (Lipinski definition) is 7. The smallest absolute Gasteiger partial charge is 0.345 e. The number of ether oxygens (including phenoxy) is 2. The topological polar surface area (TPSA) is 126 Å². The van der Waals surface area contributed by atoms with Gasteiger partial charge in [0.05, 0.1) is 17.7 Å². The van der Waals surface area contributed by atoms with Gasteiger partial charge in [0.2, 0.25) is 0 Å². The summed E-state index contributed by atoms with van der Waals surface area (Å²) in [5.41, 5.74) is 1.97. The summed E-state index contributed by atoms with van der Waals surface area (Å²) < 4.78 is 11.5. The van der Waals surface area contributed by atoms with Crippen LogP contribution in [0.5, 0.6) is 11.5 Å². The van der Waals surface area contributed by atoms with Gasteiger partial charge in [-0.3, -0.25) is 19.7 Å². The second-order valence-corrected chi connectivity index (χ2v) is 8.77. The number of esters is 1. The lowest BCUT2D eigenvalue weighted by Gasteiger charge is -2.30. The number of rotatable bonds is 5. The summed E-state index contributed by atoms with van der Waals surface area (Å²) in [6.07, 6.45) is 3.00. The summed E-state index contributed by atoms with van der Waals surface area (Å²) in [7, 11) is 0. The minimum absolute atomic E-state index is 0.243. The zero-order chi connectivity index (χ0) is 26.2. The lowest BCUT2D eigenvalue weighted by Crippen LogP contribution is -2.32. The van der Waals surface area contributed by atoms with Crippen LogP contribution in [0.1, 0.15) is 39.9 Å². The van der Waals surface area contributed by atoms with E-state index in [1.807, 2.05) is 43.3 Å². The number of carbonyl (C=O) groups excluding carboxylic acids is 1. The Bertz CT molecular complexity index is 1810. The largest absolute Gasteiger partial charge is 0.490 e. The molecule has 1 aliphatic heterocycles. The molecule has 5 aromatic rings. The third-order valence-electron chi connectivity index (χ3n) is 6.49. The van der Waals surface area contributed by atoms with Gasteiger partial charge in [-0.15, -0.1) is 0 Å². The van der Waals surface area contributed by atoms with E-state index in [0.29, 0.717) is 29.3 Å². The molecule has 0 saturated heterocycles. The molecule has 0 radical (unpaired) electrons. The van der Waals surface area contributed by atoms with Crippen LogP contribution < -0.4 is 26.0 Å². The zero-order valence-corrected chi connectivity index (χ0v) is 20.3. The average Bonchev–Trinajstić information content (AvgIpc) is 2.93. The van der Waals surface area contributed by atoms with Crippen molar-refractivity contribution in [3.8, 4) is 11.5 Å². The van der Waals surface area contributed by atoms with Crippen LogP contribution >= 0.6 is 0 Å². The molecule has 9 heteroatoms. The Morgan fingerprint density at radius 1 is 0.947 bits per heavy atom. The molecule has 1 unspecified atom stereocenters. The van der Waals surface area contributed by atoms with Gasteiger partial charge < -0.3 is 14.8 Å². The van der Waals surface area contributed by atoms with Crippen molar-refractivity contribution in [2.24, 2.45) is 0 Å². The van der Waals surface area contributed by atoms with Crippen LogP contribution in [0.15, 0.2) is 88.7 Å². The predicted molar refractivity (Wildman–Crippen MR) is 143 cm³/mol. The molecule has 2 aromatic heterocycles. The summed E-state index contributed by atoms with van der Waals surface area (Å²) in [6.45, 7) is 2.16. The summed E-state index contributed by atoms with van der Waals surface area (Å²) in [6, 6.07) is 20.3. The first-order valence-corrected chi connectivity index (χ1v) is 12.1. The van der Waals surface area contributed by atoms with E-state index in [1.54, 1.807) is 36.5 Å². The maximum absolute atomic E-state index is 13.2.